The highest BCUT2D eigenvalue weighted by atomic mass is 16.1. The Morgan fingerprint density at radius 2 is 1.85 bits per heavy atom. The molecule has 0 radical (unpaired) electrons. The molecule has 4 bridgehead atoms. The van der Waals surface area contributed by atoms with E-state index in [1.807, 2.05) is 37.8 Å². The maximum Gasteiger partial charge on any atom is 0.220 e. The minimum absolute atomic E-state index is 0.216. The van der Waals surface area contributed by atoms with Crippen LogP contribution in [0.3, 0.4) is 0 Å². The molecular weight excluding hydrogens is 336 g/mol. The molecule has 5 heteroatoms. The van der Waals surface area contributed by atoms with E-state index >= 15 is 0 Å². The van der Waals surface area contributed by atoms with E-state index in [0.717, 1.165) is 41.0 Å². The number of hydrogen-bond acceptors (Lipinski definition) is 3. The van der Waals surface area contributed by atoms with E-state index in [1.165, 1.54) is 38.5 Å². The molecule has 0 aromatic carbocycles. The van der Waals surface area contributed by atoms with Crippen LogP contribution in [-0.2, 0) is 18.4 Å². The molecule has 4 aliphatic carbocycles. The number of aromatic nitrogens is 3. The molecule has 2 aromatic heterocycles. The van der Waals surface area contributed by atoms with Gasteiger partial charge in [-0.15, -0.1) is 0 Å². The topological polar surface area (TPSA) is 59.8 Å². The van der Waals surface area contributed by atoms with Gasteiger partial charge in [0.15, 0.2) is 0 Å². The minimum Gasteiger partial charge on any atom is -0.352 e. The normalized spacial score (nSPS) is 31.2. The lowest BCUT2D eigenvalue weighted by Gasteiger charge is -2.56. The second-order valence-corrected chi connectivity index (χ2v) is 9.33. The van der Waals surface area contributed by atoms with Gasteiger partial charge in [-0.1, -0.05) is 6.07 Å². The second-order valence-electron chi connectivity index (χ2n) is 9.33. The minimum atomic E-state index is 0.216. The SMILES string of the molecule is Cn1cc(-c2ccc(CNC(=O)CC34CC5CC(CC(C5)C3)C4)cn2)cn1. The fourth-order valence-electron chi connectivity index (χ4n) is 6.36. The van der Waals surface area contributed by atoms with E-state index in [1.54, 1.807) is 4.68 Å². The van der Waals surface area contributed by atoms with E-state index in [2.05, 4.69) is 15.4 Å². The zero-order valence-electron chi connectivity index (χ0n) is 16.0. The zero-order chi connectivity index (χ0) is 18.4. The Labute approximate surface area is 160 Å². The molecule has 1 amide bonds. The van der Waals surface area contributed by atoms with Gasteiger partial charge in [0.1, 0.15) is 0 Å². The van der Waals surface area contributed by atoms with Crippen LogP contribution in [0.15, 0.2) is 30.7 Å². The molecular formula is C22H28N4O. The first kappa shape index (κ1) is 17.0. The number of nitrogens with one attached hydrogen (secondary N) is 1. The number of amides is 1. The van der Waals surface area contributed by atoms with E-state index in [-0.39, 0.29) is 5.91 Å². The van der Waals surface area contributed by atoms with E-state index in [4.69, 9.17) is 0 Å². The van der Waals surface area contributed by atoms with Crippen LogP contribution < -0.4 is 5.32 Å². The maximum atomic E-state index is 12.6. The Kier molecular flexibility index (Phi) is 4.06. The molecule has 1 N–H and O–H groups in total. The van der Waals surface area contributed by atoms with Crippen molar-refractivity contribution >= 4 is 5.91 Å². The Morgan fingerprint density at radius 3 is 2.41 bits per heavy atom. The van der Waals surface area contributed by atoms with Crippen LogP contribution in [0.5, 0.6) is 0 Å². The molecule has 4 fully saturated rings. The van der Waals surface area contributed by atoms with Crippen LogP contribution in [0, 0.1) is 23.2 Å². The van der Waals surface area contributed by atoms with Crippen molar-refractivity contribution in [1.82, 2.24) is 20.1 Å². The summed E-state index contributed by atoms with van der Waals surface area (Å²) in [5.41, 5.74) is 3.27. The van der Waals surface area contributed by atoms with Gasteiger partial charge < -0.3 is 5.32 Å². The highest BCUT2D eigenvalue weighted by Gasteiger charge is 2.51. The van der Waals surface area contributed by atoms with Crippen molar-refractivity contribution in [2.24, 2.45) is 30.2 Å². The van der Waals surface area contributed by atoms with Crippen molar-refractivity contribution in [3.05, 3.63) is 36.3 Å². The number of nitrogens with zero attached hydrogens (tertiary/aromatic N) is 3. The second kappa shape index (κ2) is 6.47. The quantitative estimate of drug-likeness (QED) is 0.880. The number of rotatable bonds is 5. The van der Waals surface area contributed by atoms with Gasteiger partial charge >= 0.3 is 0 Å². The van der Waals surface area contributed by atoms with E-state index in [0.29, 0.717) is 12.0 Å². The first-order chi connectivity index (χ1) is 13.1. The Morgan fingerprint density at radius 1 is 1.15 bits per heavy atom. The van der Waals surface area contributed by atoms with Crippen LogP contribution in [-0.4, -0.2) is 20.7 Å². The average Bonchev–Trinajstić information content (AvgIpc) is 3.05. The molecule has 0 aliphatic heterocycles. The summed E-state index contributed by atoms with van der Waals surface area (Å²) in [4.78, 5) is 17.2. The standard InChI is InChI=1S/C22H28N4O/c1-26-14-19(13-25-26)20-3-2-15(11-23-20)12-24-21(27)10-22-7-16-4-17(8-22)6-18(5-16)9-22/h2-3,11,13-14,16-18H,4-10,12H2,1H3,(H,24,27). The van der Waals surface area contributed by atoms with Crippen LogP contribution in [0.2, 0.25) is 0 Å². The van der Waals surface area contributed by atoms with Gasteiger partial charge in [-0.05, 0) is 73.3 Å². The highest BCUT2D eigenvalue weighted by Crippen LogP contribution is 2.61. The first-order valence-corrected chi connectivity index (χ1v) is 10.3. The van der Waals surface area contributed by atoms with Gasteiger partial charge in [-0.3, -0.25) is 14.5 Å². The number of carbonyl (C=O) groups excluding carboxylic acids is 1. The molecule has 0 atom stereocenters. The molecule has 142 valence electrons. The summed E-state index contributed by atoms with van der Waals surface area (Å²) in [5, 5.41) is 7.32. The Bertz CT molecular complexity index is 803. The van der Waals surface area contributed by atoms with Gasteiger partial charge in [0.05, 0.1) is 11.9 Å². The summed E-state index contributed by atoms with van der Waals surface area (Å²) in [5.74, 6) is 2.91. The third-order valence-electron chi connectivity index (χ3n) is 7.02. The molecule has 0 spiro atoms. The summed E-state index contributed by atoms with van der Waals surface area (Å²) in [7, 11) is 1.90. The van der Waals surface area contributed by atoms with E-state index < -0.39 is 0 Å². The number of pyridine rings is 1. The molecule has 5 nitrogen and oxygen atoms in total. The summed E-state index contributed by atoms with van der Waals surface area (Å²) in [6.45, 7) is 0.561. The fourth-order valence-corrected chi connectivity index (χ4v) is 6.36. The van der Waals surface area contributed by atoms with Crippen molar-refractivity contribution in [2.75, 3.05) is 0 Å². The highest BCUT2D eigenvalue weighted by molar-refractivity contribution is 5.76. The van der Waals surface area contributed by atoms with Crippen LogP contribution in [0.25, 0.3) is 11.3 Å². The van der Waals surface area contributed by atoms with Crippen molar-refractivity contribution in [2.45, 2.75) is 51.5 Å². The zero-order valence-corrected chi connectivity index (χ0v) is 16.0. The number of aryl methyl sites for hydroxylation is 1. The van der Waals surface area contributed by atoms with Crippen molar-refractivity contribution in [1.29, 1.82) is 0 Å². The van der Waals surface area contributed by atoms with Crippen molar-refractivity contribution < 1.29 is 4.79 Å². The van der Waals surface area contributed by atoms with Crippen molar-refractivity contribution in [3.8, 4) is 11.3 Å². The third kappa shape index (κ3) is 3.40. The smallest absolute Gasteiger partial charge is 0.220 e. The number of carbonyl (C=O) groups is 1. The molecule has 4 aliphatic rings. The molecule has 0 saturated heterocycles. The summed E-state index contributed by atoms with van der Waals surface area (Å²) in [6.07, 6.45) is 14.5. The van der Waals surface area contributed by atoms with Gasteiger partial charge in [-0.25, -0.2) is 0 Å². The molecule has 2 aromatic rings. The lowest BCUT2D eigenvalue weighted by atomic mass is 9.49. The monoisotopic (exact) mass is 364 g/mol. The first-order valence-electron chi connectivity index (χ1n) is 10.3. The summed E-state index contributed by atoms with van der Waals surface area (Å²) >= 11 is 0. The summed E-state index contributed by atoms with van der Waals surface area (Å²) in [6, 6.07) is 4.04. The Balaban J connectivity index is 1.17. The molecule has 27 heavy (non-hydrogen) atoms. The number of hydrogen-bond donors (Lipinski definition) is 1. The molecule has 4 saturated carbocycles. The molecule has 0 unspecified atom stereocenters. The molecule has 2 heterocycles. The lowest BCUT2D eigenvalue weighted by molar-refractivity contribution is -0.129. The van der Waals surface area contributed by atoms with Crippen LogP contribution >= 0.6 is 0 Å². The fraction of sp³-hybridized carbons (Fsp3) is 0.591. The lowest BCUT2D eigenvalue weighted by Crippen LogP contribution is -2.47. The van der Waals surface area contributed by atoms with Gasteiger partial charge in [0, 0.05) is 38.0 Å². The van der Waals surface area contributed by atoms with Gasteiger partial charge in [0.2, 0.25) is 5.91 Å². The molecule has 6 rings (SSSR count). The average molecular weight is 364 g/mol. The third-order valence-corrected chi connectivity index (χ3v) is 7.02. The summed E-state index contributed by atoms with van der Waals surface area (Å²) < 4.78 is 1.77. The largest absolute Gasteiger partial charge is 0.352 e. The maximum absolute atomic E-state index is 12.6. The van der Waals surface area contributed by atoms with E-state index in [9.17, 15) is 4.79 Å². The van der Waals surface area contributed by atoms with Gasteiger partial charge in [-0.2, -0.15) is 5.10 Å². The predicted molar refractivity (Wildman–Crippen MR) is 104 cm³/mol. The Hall–Kier alpha value is -2.17. The predicted octanol–water partition coefficient (Wildman–Crippen LogP) is 3.70. The van der Waals surface area contributed by atoms with Crippen LogP contribution in [0.4, 0.5) is 0 Å². The van der Waals surface area contributed by atoms with Gasteiger partial charge in [0.25, 0.3) is 0 Å². The van der Waals surface area contributed by atoms with Crippen LogP contribution in [0.1, 0.15) is 50.5 Å². The van der Waals surface area contributed by atoms with Crippen molar-refractivity contribution in [3.63, 3.8) is 0 Å².